The number of nitrogens with zero attached hydrogens (tertiary/aromatic N) is 3. The number of benzene rings is 3. The van der Waals surface area contributed by atoms with Crippen LogP contribution in [0.2, 0.25) is 5.02 Å². The highest BCUT2D eigenvalue weighted by molar-refractivity contribution is 6.31. The Morgan fingerprint density at radius 1 is 0.906 bits per heavy atom. The van der Waals surface area contributed by atoms with Crippen LogP contribution in [-0.2, 0) is 13.2 Å². The van der Waals surface area contributed by atoms with Crippen molar-refractivity contribution in [2.75, 3.05) is 33.3 Å². The van der Waals surface area contributed by atoms with Crippen molar-refractivity contribution in [2.24, 2.45) is 5.10 Å². The first-order valence-electron chi connectivity index (χ1n) is 10.8. The van der Waals surface area contributed by atoms with Gasteiger partial charge >= 0.3 is 0 Å². The molecule has 1 aliphatic rings. The number of hydrazone groups is 1. The van der Waals surface area contributed by atoms with Crippen molar-refractivity contribution >= 4 is 17.8 Å². The molecule has 0 aliphatic carbocycles. The zero-order valence-corrected chi connectivity index (χ0v) is 19.0. The zero-order chi connectivity index (χ0) is 22.2. The predicted octanol–water partition coefficient (Wildman–Crippen LogP) is 5.08. The van der Waals surface area contributed by atoms with Crippen molar-refractivity contribution in [2.45, 2.75) is 13.2 Å². The number of ether oxygens (including phenoxy) is 2. The monoisotopic (exact) mass is 449 g/mol. The molecule has 0 spiro atoms. The van der Waals surface area contributed by atoms with Gasteiger partial charge in [-0.1, -0.05) is 60.1 Å². The minimum Gasteiger partial charge on any atom is -0.493 e. The van der Waals surface area contributed by atoms with Gasteiger partial charge in [-0.25, -0.2) is 0 Å². The lowest BCUT2D eigenvalue weighted by molar-refractivity contribution is 0.131. The van der Waals surface area contributed by atoms with Crippen LogP contribution in [0.1, 0.15) is 16.7 Å². The molecule has 0 atom stereocenters. The van der Waals surface area contributed by atoms with Gasteiger partial charge in [0.1, 0.15) is 6.61 Å². The van der Waals surface area contributed by atoms with Gasteiger partial charge in [0.05, 0.1) is 13.3 Å². The Morgan fingerprint density at radius 2 is 1.66 bits per heavy atom. The van der Waals surface area contributed by atoms with E-state index in [4.69, 9.17) is 21.1 Å². The van der Waals surface area contributed by atoms with E-state index in [1.165, 1.54) is 5.56 Å². The normalized spacial score (nSPS) is 14.6. The molecule has 0 bridgehead atoms. The van der Waals surface area contributed by atoms with E-state index in [9.17, 15) is 0 Å². The highest BCUT2D eigenvalue weighted by atomic mass is 35.5. The van der Waals surface area contributed by atoms with Gasteiger partial charge in [-0.05, 0) is 41.0 Å². The first-order valence-corrected chi connectivity index (χ1v) is 11.2. The van der Waals surface area contributed by atoms with Crippen LogP contribution in [-0.4, -0.2) is 49.4 Å². The first kappa shape index (κ1) is 22.2. The summed E-state index contributed by atoms with van der Waals surface area (Å²) in [5.41, 5.74) is 3.27. The lowest BCUT2D eigenvalue weighted by Crippen LogP contribution is -2.43. The van der Waals surface area contributed by atoms with E-state index in [0.717, 1.165) is 54.6 Å². The summed E-state index contributed by atoms with van der Waals surface area (Å²) in [5.74, 6) is 1.43. The number of methoxy groups -OCH3 is 1. The summed E-state index contributed by atoms with van der Waals surface area (Å²) in [7, 11) is 1.66. The predicted molar refractivity (Wildman–Crippen MR) is 130 cm³/mol. The van der Waals surface area contributed by atoms with Crippen LogP contribution in [0.15, 0.2) is 77.9 Å². The molecule has 0 aromatic heterocycles. The highest BCUT2D eigenvalue weighted by Crippen LogP contribution is 2.28. The van der Waals surface area contributed by atoms with Crippen LogP contribution in [0.4, 0.5) is 0 Å². The van der Waals surface area contributed by atoms with Crippen molar-refractivity contribution < 1.29 is 9.47 Å². The van der Waals surface area contributed by atoms with Gasteiger partial charge in [0.2, 0.25) is 0 Å². The number of hydrogen-bond donors (Lipinski definition) is 0. The molecule has 6 heteroatoms. The van der Waals surface area contributed by atoms with E-state index in [1.807, 2.05) is 72.9 Å². The van der Waals surface area contributed by atoms with Crippen molar-refractivity contribution in [3.8, 4) is 11.5 Å². The SMILES string of the molecule is COc1cc(C=NN2CCN(Cc3ccccc3Cl)CC2)ccc1OCc1ccccc1. The quantitative estimate of drug-likeness (QED) is 0.449. The van der Waals surface area contributed by atoms with E-state index in [0.29, 0.717) is 12.4 Å². The maximum atomic E-state index is 6.30. The second-order valence-corrected chi connectivity index (χ2v) is 8.16. The number of rotatable bonds is 8. The highest BCUT2D eigenvalue weighted by Gasteiger charge is 2.16. The molecule has 0 amide bonds. The summed E-state index contributed by atoms with van der Waals surface area (Å²) in [6.07, 6.45) is 1.88. The summed E-state index contributed by atoms with van der Waals surface area (Å²) >= 11 is 6.30. The summed E-state index contributed by atoms with van der Waals surface area (Å²) in [5, 5.41) is 7.61. The third-order valence-corrected chi connectivity index (χ3v) is 5.86. The molecule has 0 radical (unpaired) electrons. The van der Waals surface area contributed by atoms with Crippen LogP contribution >= 0.6 is 11.6 Å². The lowest BCUT2D eigenvalue weighted by atomic mass is 10.2. The molecular formula is C26H28ClN3O2. The molecule has 3 aromatic carbocycles. The molecule has 4 rings (SSSR count). The molecule has 0 N–H and O–H groups in total. The fraction of sp³-hybridized carbons (Fsp3) is 0.269. The van der Waals surface area contributed by atoms with Crippen molar-refractivity contribution in [3.05, 3.63) is 94.5 Å². The molecule has 0 saturated carbocycles. The summed E-state index contributed by atoms with van der Waals surface area (Å²) in [4.78, 5) is 2.41. The van der Waals surface area contributed by atoms with Crippen molar-refractivity contribution in [1.82, 2.24) is 9.91 Å². The van der Waals surface area contributed by atoms with E-state index < -0.39 is 0 Å². The average Bonchev–Trinajstić information content (AvgIpc) is 2.84. The van der Waals surface area contributed by atoms with Gasteiger partial charge in [-0.2, -0.15) is 5.10 Å². The van der Waals surface area contributed by atoms with E-state index in [2.05, 4.69) is 21.1 Å². The second-order valence-electron chi connectivity index (χ2n) is 7.75. The standard InChI is InChI=1S/C26H28ClN3O2/c1-31-26-17-22(11-12-25(26)32-20-21-7-3-2-4-8-21)18-28-30-15-13-29(14-16-30)19-23-9-5-6-10-24(23)27/h2-12,17-18H,13-16,19-20H2,1H3. The molecule has 32 heavy (non-hydrogen) atoms. The Labute approximate surface area is 194 Å². The molecule has 3 aromatic rings. The summed E-state index contributed by atoms with van der Waals surface area (Å²) in [6, 6.07) is 24.0. The van der Waals surface area contributed by atoms with Crippen molar-refractivity contribution in [1.29, 1.82) is 0 Å². The van der Waals surface area contributed by atoms with Crippen LogP contribution in [0.25, 0.3) is 0 Å². The lowest BCUT2D eigenvalue weighted by Gasteiger charge is -2.33. The summed E-state index contributed by atoms with van der Waals surface area (Å²) in [6.45, 7) is 5.06. The van der Waals surface area contributed by atoms with Crippen molar-refractivity contribution in [3.63, 3.8) is 0 Å². The Kier molecular flexibility index (Phi) is 7.64. The number of hydrogen-bond acceptors (Lipinski definition) is 5. The molecule has 0 unspecified atom stereocenters. The minimum atomic E-state index is 0.503. The molecule has 5 nitrogen and oxygen atoms in total. The smallest absolute Gasteiger partial charge is 0.161 e. The second kappa shape index (κ2) is 11.0. The Hall–Kier alpha value is -3.02. The number of piperazine rings is 1. The Balaban J connectivity index is 1.30. The molecule has 166 valence electrons. The molecule has 1 heterocycles. The molecule has 1 aliphatic heterocycles. The average molecular weight is 450 g/mol. The van der Waals surface area contributed by atoms with Crippen LogP contribution in [0, 0.1) is 0 Å². The zero-order valence-electron chi connectivity index (χ0n) is 18.3. The van der Waals surface area contributed by atoms with Gasteiger partial charge in [-0.3, -0.25) is 9.91 Å². The maximum absolute atomic E-state index is 6.30. The summed E-state index contributed by atoms with van der Waals surface area (Å²) < 4.78 is 11.5. The van der Waals surface area contributed by atoms with Crippen LogP contribution in [0.5, 0.6) is 11.5 Å². The third-order valence-electron chi connectivity index (χ3n) is 5.50. The maximum Gasteiger partial charge on any atom is 0.161 e. The Morgan fingerprint density at radius 3 is 2.41 bits per heavy atom. The third kappa shape index (κ3) is 6.02. The first-order chi connectivity index (χ1) is 15.7. The van der Waals surface area contributed by atoms with Gasteiger partial charge in [-0.15, -0.1) is 0 Å². The van der Waals surface area contributed by atoms with E-state index >= 15 is 0 Å². The fourth-order valence-electron chi connectivity index (χ4n) is 3.65. The van der Waals surface area contributed by atoms with Crippen LogP contribution < -0.4 is 9.47 Å². The van der Waals surface area contributed by atoms with Gasteiger partial charge in [0.25, 0.3) is 0 Å². The largest absolute Gasteiger partial charge is 0.493 e. The topological polar surface area (TPSA) is 37.3 Å². The molecule has 1 fully saturated rings. The van der Waals surface area contributed by atoms with E-state index in [-0.39, 0.29) is 0 Å². The molecular weight excluding hydrogens is 422 g/mol. The van der Waals surface area contributed by atoms with Crippen LogP contribution in [0.3, 0.4) is 0 Å². The number of halogens is 1. The van der Waals surface area contributed by atoms with E-state index in [1.54, 1.807) is 7.11 Å². The molecule has 1 saturated heterocycles. The Bertz CT molecular complexity index is 1030. The van der Waals surface area contributed by atoms with Gasteiger partial charge in [0, 0.05) is 37.7 Å². The fourth-order valence-corrected chi connectivity index (χ4v) is 3.84. The minimum absolute atomic E-state index is 0.503. The van der Waals surface area contributed by atoms with Gasteiger partial charge < -0.3 is 9.47 Å². The van der Waals surface area contributed by atoms with Gasteiger partial charge in [0.15, 0.2) is 11.5 Å².